The van der Waals surface area contributed by atoms with Gasteiger partial charge in [0.1, 0.15) is 5.75 Å². The van der Waals surface area contributed by atoms with Crippen LogP contribution >= 0.6 is 15.9 Å². The molecule has 0 heterocycles. The van der Waals surface area contributed by atoms with Gasteiger partial charge in [-0.3, -0.25) is 14.4 Å². The molecule has 0 saturated carbocycles. The maximum Gasteiger partial charge on any atom is 0.308 e. The van der Waals surface area contributed by atoms with Crippen molar-refractivity contribution in [1.82, 2.24) is 5.32 Å². The monoisotopic (exact) mass is 494 g/mol. The van der Waals surface area contributed by atoms with Gasteiger partial charge in [0.05, 0.1) is 0 Å². The second-order valence-corrected chi connectivity index (χ2v) is 8.05. The van der Waals surface area contributed by atoms with Crippen LogP contribution in [0.5, 0.6) is 5.75 Å². The summed E-state index contributed by atoms with van der Waals surface area (Å²) in [5.41, 5.74) is 2.90. The Hall–Kier alpha value is -3.45. The molecule has 164 valence electrons. The minimum atomic E-state index is -0.452. The Morgan fingerprint density at radius 2 is 1.69 bits per heavy atom. The molecule has 0 atom stereocenters. The fourth-order valence-corrected chi connectivity index (χ4v) is 3.33. The number of benzene rings is 3. The first-order valence-electron chi connectivity index (χ1n) is 10.1. The van der Waals surface area contributed by atoms with Crippen molar-refractivity contribution < 1.29 is 19.1 Å². The second-order valence-electron chi connectivity index (χ2n) is 7.14. The van der Waals surface area contributed by atoms with Gasteiger partial charge < -0.3 is 15.4 Å². The summed E-state index contributed by atoms with van der Waals surface area (Å²) in [5, 5.41) is 5.77. The molecular weight excluding hydrogens is 472 g/mol. The van der Waals surface area contributed by atoms with Crippen LogP contribution in [0.15, 0.2) is 77.3 Å². The SMILES string of the molecule is CC(=O)Oc1cccc(C(=O)NCc2ccccc2NC(=O)CCc2ccc(Br)cc2)c1. The van der Waals surface area contributed by atoms with Crippen molar-refractivity contribution in [3.8, 4) is 5.75 Å². The van der Waals surface area contributed by atoms with Crippen molar-refractivity contribution in [2.75, 3.05) is 5.32 Å². The number of aryl methyl sites for hydroxylation is 1. The number of amides is 2. The number of para-hydroxylation sites is 1. The third kappa shape index (κ3) is 7.06. The molecule has 0 aromatic heterocycles. The van der Waals surface area contributed by atoms with Gasteiger partial charge in [0.15, 0.2) is 0 Å². The molecule has 0 bridgehead atoms. The predicted molar refractivity (Wildman–Crippen MR) is 126 cm³/mol. The molecule has 0 aliphatic rings. The molecule has 0 radical (unpaired) electrons. The minimum absolute atomic E-state index is 0.0965. The fourth-order valence-electron chi connectivity index (χ4n) is 3.06. The summed E-state index contributed by atoms with van der Waals surface area (Å²) in [6.07, 6.45) is 0.988. The second kappa shape index (κ2) is 11.2. The van der Waals surface area contributed by atoms with Crippen LogP contribution in [-0.2, 0) is 22.6 Å². The highest BCUT2D eigenvalue weighted by Crippen LogP contribution is 2.18. The van der Waals surface area contributed by atoms with E-state index in [1.807, 2.05) is 42.5 Å². The number of ether oxygens (including phenoxy) is 1. The van der Waals surface area contributed by atoms with E-state index in [4.69, 9.17) is 4.74 Å². The maximum atomic E-state index is 12.5. The summed E-state index contributed by atoms with van der Waals surface area (Å²) in [5.74, 6) is -0.549. The number of carbonyl (C=O) groups is 3. The fraction of sp³-hybridized carbons (Fsp3) is 0.160. The number of nitrogens with one attached hydrogen (secondary N) is 2. The highest BCUT2D eigenvalue weighted by atomic mass is 79.9. The zero-order valence-electron chi connectivity index (χ0n) is 17.6. The van der Waals surface area contributed by atoms with Crippen LogP contribution in [0, 0.1) is 0 Å². The topological polar surface area (TPSA) is 84.5 Å². The molecule has 0 fully saturated rings. The molecule has 32 heavy (non-hydrogen) atoms. The number of halogens is 1. The zero-order chi connectivity index (χ0) is 22.9. The van der Waals surface area contributed by atoms with Crippen LogP contribution in [0.2, 0.25) is 0 Å². The third-order valence-corrected chi connectivity index (χ3v) is 5.17. The van der Waals surface area contributed by atoms with E-state index < -0.39 is 5.97 Å². The number of carbonyl (C=O) groups excluding carboxylic acids is 3. The summed E-state index contributed by atoms with van der Waals surface area (Å²) in [4.78, 5) is 36.1. The van der Waals surface area contributed by atoms with Gasteiger partial charge in [0.2, 0.25) is 5.91 Å². The molecule has 2 N–H and O–H groups in total. The quantitative estimate of drug-likeness (QED) is 0.345. The Morgan fingerprint density at radius 1 is 0.938 bits per heavy atom. The lowest BCUT2D eigenvalue weighted by Crippen LogP contribution is -2.24. The summed E-state index contributed by atoms with van der Waals surface area (Å²) in [7, 11) is 0. The zero-order valence-corrected chi connectivity index (χ0v) is 19.1. The predicted octanol–water partition coefficient (Wildman–Crippen LogP) is 4.88. The molecule has 0 unspecified atom stereocenters. The number of anilines is 1. The van der Waals surface area contributed by atoms with Gasteiger partial charge >= 0.3 is 5.97 Å². The molecule has 3 rings (SSSR count). The van der Waals surface area contributed by atoms with E-state index >= 15 is 0 Å². The lowest BCUT2D eigenvalue weighted by molar-refractivity contribution is -0.131. The molecular formula is C25H23BrN2O4. The van der Waals surface area contributed by atoms with Crippen molar-refractivity contribution in [2.45, 2.75) is 26.3 Å². The molecule has 0 spiro atoms. The van der Waals surface area contributed by atoms with Gasteiger partial charge in [-0.2, -0.15) is 0 Å². The van der Waals surface area contributed by atoms with Crippen molar-refractivity contribution in [2.24, 2.45) is 0 Å². The van der Waals surface area contributed by atoms with E-state index in [0.717, 1.165) is 15.6 Å². The number of esters is 1. The minimum Gasteiger partial charge on any atom is -0.427 e. The maximum absolute atomic E-state index is 12.5. The average molecular weight is 495 g/mol. The van der Waals surface area contributed by atoms with Crippen molar-refractivity contribution in [3.05, 3.63) is 94.0 Å². The van der Waals surface area contributed by atoms with Gasteiger partial charge in [0.25, 0.3) is 5.91 Å². The standard InChI is InChI=1S/C25H23BrN2O4/c1-17(29)32-22-7-4-6-19(15-22)25(31)27-16-20-5-2-3-8-23(20)28-24(30)14-11-18-9-12-21(26)13-10-18/h2-10,12-13,15H,11,14,16H2,1H3,(H,27,31)(H,28,30). The van der Waals surface area contributed by atoms with Gasteiger partial charge in [0, 0.05) is 35.6 Å². The van der Waals surface area contributed by atoms with Crippen molar-refractivity contribution in [1.29, 1.82) is 0 Å². The summed E-state index contributed by atoms with van der Waals surface area (Å²) >= 11 is 3.40. The molecule has 0 aliphatic carbocycles. The van der Waals surface area contributed by atoms with Crippen molar-refractivity contribution >= 4 is 39.4 Å². The largest absolute Gasteiger partial charge is 0.427 e. The molecule has 3 aromatic carbocycles. The lowest BCUT2D eigenvalue weighted by atomic mass is 10.1. The van der Waals surface area contributed by atoms with Crippen LogP contribution in [0.4, 0.5) is 5.69 Å². The Bertz CT molecular complexity index is 1110. The van der Waals surface area contributed by atoms with Crippen LogP contribution in [0.25, 0.3) is 0 Å². The van der Waals surface area contributed by atoms with Gasteiger partial charge in [-0.05, 0) is 53.9 Å². The average Bonchev–Trinajstić information content (AvgIpc) is 2.77. The van der Waals surface area contributed by atoms with E-state index in [1.165, 1.54) is 13.0 Å². The molecule has 3 aromatic rings. The van der Waals surface area contributed by atoms with E-state index in [2.05, 4.69) is 26.6 Å². The number of hydrogen-bond acceptors (Lipinski definition) is 4. The first-order valence-corrected chi connectivity index (χ1v) is 10.9. The van der Waals surface area contributed by atoms with Gasteiger partial charge in [-0.15, -0.1) is 0 Å². The molecule has 2 amide bonds. The van der Waals surface area contributed by atoms with E-state index in [1.54, 1.807) is 24.3 Å². The smallest absolute Gasteiger partial charge is 0.308 e. The van der Waals surface area contributed by atoms with Gasteiger partial charge in [-0.25, -0.2) is 0 Å². The molecule has 7 heteroatoms. The Kier molecular flexibility index (Phi) is 8.16. The highest BCUT2D eigenvalue weighted by Gasteiger charge is 2.11. The molecule has 6 nitrogen and oxygen atoms in total. The molecule has 0 saturated heterocycles. The van der Waals surface area contributed by atoms with Crippen LogP contribution in [0.1, 0.15) is 34.8 Å². The number of rotatable bonds is 8. The molecule has 0 aliphatic heterocycles. The lowest BCUT2D eigenvalue weighted by Gasteiger charge is -2.12. The first-order chi connectivity index (χ1) is 15.4. The summed E-state index contributed by atoms with van der Waals surface area (Å²) in [6.45, 7) is 1.54. The summed E-state index contributed by atoms with van der Waals surface area (Å²) in [6, 6.07) is 21.6. The van der Waals surface area contributed by atoms with E-state index in [0.29, 0.717) is 29.8 Å². The normalized spacial score (nSPS) is 10.3. The first kappa shape index (κ1) is 23.2. The number of hydrogen-bond donors (Lipinski definition) is 2. The van der Waals surface area contributed by atoms with E-state index in [-0.39, 0.29) is 18.4 Å². The Balaban J connectivity index is 1.57. The summed E-state index contributed by atoms with van der Waals surface area (Å²) < 4.78 is 6.02. The van der Waals surface area contributed by atoms with Crippen LogP contribution in [-0.4, -0.2) is 17.8 Å². The van der Waals surface area contributed by atoms with E-state index in [9.17, 15) is 14.4 Å². The highest BCUT2D eigenvalue weighted by molar-refractivity contribution is 9.10. The Morgan fingerprint density at radius 3 is 2.44 bits per heavy atom. The van der Waals surface area contributed by atoms with Crippen LogP contribution in [0.3, 0.4) is 0 Å². The third-order valence-electron chi connectivity index (χ3n) is 4.64. The Labute approximate surface area is 195 Å². The van der Waals surface area contributed by atoms with Gasteiger partial charge in [-0.1, -0.05) is 52.3 Å². The van der Waals surface area contributed by atoms with Crippen molar-refractivity contribution in [3.63, 3.8) is 0 Å². The van der Waals surface area contributed by atoms with Crippen LogP contribution < -0.4 is 15.4 Å².